The summed E-state index contributed by atoms with van der Waals surface area (Å²) < 4.78 is 26.3. The molecular weight excluding hydrogens is 391 g/mol. The monoisotopic (exact) mass is 412 g/mol. The predicted octanol–water partition coefficient (Wildman–Crippen LogP) is 1.48. The van der Waals surface area contributed by atoms with Gasteiger partial charge < -0.3 is 19.3 Å². The number of methoxy groups -OCH3 is 1. The second-order valence-corrected chi connectivity index (χ2v) is 7.25. The number of hydrogen-bond acceptors (Lipinski definition) is 8. The first-order valence-corrected chi connectivity index (χ1v) is 9.65. The molecule has 156 valence electrons. The highest BCUT2D eigenvalue weighted by atomic mass is 19.1. The predicted molar refractivity (Wildman–Crippen MR) is 104 cm³/mol. The number of halogens is 1. The number of fused-ring (bicyclic) bond motifs is 1. The molecular formula is C20H21FN6O3. The molecule has 0 bridgehead atoms. The lowest BCUT2D eigenvalue weighted by Crippen LogP contribution is -2.52. The van der Waals surface area contributed by atoms with Crippen molar-refractivity contribution in [3.8, 4) is 17.7 Å². The Labute approximate surface area is 173 Å². The lowest BCUT2D eigenvalue weighted by Gasteiger charge is -2.38. The Kier molecular flexibility index (Phi) is 5.35. The maximum Gasteiger partial charge on any atom is 0.260 e. The number of anilines is 1. The largest absolute Gasteiger partial charge is 0.490 e. The molecule has 2 aromatic heterocycles. The first-order chi connectivity index (χ1) is 14.5. The van der Waals surface area contributed by atoms with Crippen molar-refractivity contribution in [1.29, 1.82) is 5.26 Å². The molecule has 1 amide bonds. The summed E-state index contributed by atoms with van der Waals surface area (Å²) >= 11 is 0. The third-order valence-corrected chi connectivity index (χ3v) is 5.45. The molecule has 0 aromatic carbocycles. The third kappa shape index (κ3) is 3.70. The number of carbonyl (C=O) groups is 1. The molecule has 30 heavy (non-hydrogen) atoms. The van der Waals surface area contributed by atoms with Gasteiger partial charge in [0.25, 0.3) is 5.91 Å². The molecule has 2 aromatic rings. The lowest BCUT2D eigenvalue weighted by atomic mass is 9.91. The molecule has 0 saturated carbocycles. The maximum atomic E-state index is 15.6. The van der Waals surface area contributed by atoms with Crippen LogP contribution in [-0.2, 0) is 11.3 Å². The standard InChI is InChI=1S/C20H21FN6O3/c1-29-17-3-2-16(24-25-17)26-6-4-20(21,5-7-26)19(28)27-8-9-30-18-14(10-22)11-23-12-15(18)13-27/h2-3,11-12H,4-9,13H2,1H3. The topological polar surface area (TPSA) is 104 Å². The number of hydrogen-bond donors (Lipinski definition) is 0. The van der Waals surface area contributed by atoms with Gasteiger partial charge >= 0.3 is 0 Å². The number of piperidine rings is 1. The molecule has 1 fully saturated rings. The van der Waals surface area contributed by atoms with E-state index in [1.807, 2.05) is 11.0 Å². The third-order valence-electron chi connectivity index (χ3n) is 5.45. The van der Waals surface area contributed by atoms with E-state index in [4.69, 9.17) is 9.47 Å². The van der Waals surface area contributed by atoms with Crippen molar-refractivity contribution in [2.24, 2.45) is 0 Å². The van der Waals surface area contributed by atoms with Gasteiger partial charge in [-0.15, -0.1) is 10.2 Å². The van der Waals surface area contributed by atoms with Crippen LogP contribution in [0.1, 0.15) is 24.0 Å². The molecule has 0 unspecified atom stereocenters. The van der Waals surface area contributed by atoms with Gasteiger partial charge in [-0.2, -0.15) is 5.26 Å². The van der Waals surface area contributed by atoms with Crippen molar-refractivity contribution >= 4 is 11.7 Å². The van der Waals surface area contributed by atoms with Crippen molar-refractivity contribution in [1.82, 2.24) is 20.1 Å². The van der Waals surface area contributed by atoms with Gasteiger partial charge in [0.2, 0.25) is 5.88 Å². The van der Waals surface area contributed by atoms with Gasteiger partial charge in [-0.3, -0.25) is 9.78 Å². The van der Waals surface area contributed by atoms with E-state index < -0.39 is 11.6 Å². The number of ether oxygens (including phenoxy) is 2. The van der Waals surface area contributed by atoms with Crippen LogP contribution >= 0.6 is 0 Å². The molecule has 1 saturated heterocycles. The van der Waals surface area contributed by atoms with Crippen molar-refractivity contribution in [2.45, 2.75) is 25.1 Å². The average molecular weight is 412 g/mol. The molecule has 0 atom stereocenters. The smallest absolute Gasteiger partial charge is 0.260 e. The van der Waals surface area contributed by atoms with Crippen molar-refractivity contribution in [2.75, 3.05) is 38.3 Å². The summed E-state index contributed by atoms with van der Waals surface area (Å²) in [6.45, 7) is 1.31. The second kappa shape index (κ2) is 8.10. The van der Waals surface area contributed by atoms with Crippen molar-refractivity contribution in [3.63, 3.8) is 0 Å². The van der Waals surface area contributed by atoms with Crippen molar-refractivity contribution in [3.05, 3.63) is 35.7 Å². The van der Waals surface area contributed by atoms with Crippen LogP contribution in [-0.4, -0.2) is 65.0 Å². The molecule has 0 aliphatic carbocycles. The summed E-state index contributed by atoms with van der Waals surface area (Å²) in [5.41, 5.74) is -1.04. The van der Waals surface area contributed by atoms with Crippen LogP contribution in [0.25, 0.3) is 0 Å². The number of amides is 1. The molecule has 2 aliphatic heterocycles. The molecule has 0 N–H and O–H groups in total. The summed E-state index contributed by atoms with van der Waals surface area (Å²) in [4.78, 5) is 20.5. The molecule has 0 spiro atoms. The number of alkyl halides is 1. The fourth-order valence-electron chi connectivity index (χ4n) is 3.75. The summed E-state index contributed by atoms with van der Waals surface area (Å²) in [6, 6.07) is 5.50. The number of pyridine rings is 1. The second-order valence-electron chi connectivity index (χ2n) is 7.25. The van der Waals surface area contributed by atoms with Crippen LogP contribution in [0, 0.1) is 11.3 Å². The fourth-order valence-corrected chi connectivity index (χ4v) is 3.75. The van der Waals surface area contributed by atoms with Crippen LogP contribution in [0.2, 0.25) is 0 Å². The van der Waals surface area contributed by atoms with Crippen LogP contribution in [0.5, 0.6) is 11.6 Å². The number of nitrogens with zero attached hydrogens (tertiary/aromatic N) is 6. The van der Waals surface area contributed by atoms with Crippen LogP contribution in [0.3, 0.4) is 0 Å². The number of aromatic nitrogens is 3. The molecule has 10 heteroatoms. The highest BCUT2D eigenvalue weighted by molar-refractivity contribution is 5.85. The zero-order valence-corrected chi connectivity index (χ0v) is 16.5. The summed E-state index contributed by atoms with van der Waals surface area (Å²) in [5, 5.41) is 17.3. The minimum absolute atomic E-state index is 0.0558. The van der Waals surface area contributed by atoms with Gasteiger partial charge in [-0.25, -0.2) is 4.39 Å². The van der Waals surface area contributed by atoms with E-state index in [2.05, 4.69) is 15.2 Å². The van der Waals surface area contributed by atoms with Gasteiger partial charge in [0.05, 0.1) is 20.2 Å². The Morgan fingerprint density at radius 2 is 2.07 bits per heavy atom. The maximum absolute atomic E-state index is 15.6. The normalized spacial score (nSPS) is 17.9. The van der Waals surface area contributed by atoms with E-state index in [0.29, 0.717) is 41.7 Å². The highest BCUT2D eigenvalue weighted by Gasteiger charge is 2.45. The summed E-state index contributed by atoms with van der Waals surface area (Å²) in [5.74, 6) is 0.895. The van der Waals surface area contributed by atoms with Gasteiger partial charge in [0.1, 0.15) is 24.0 Å². The Bertz CT molecular complexity index is 969. The quantitative estimate of drug-likeness (QED) is 0.747. The van der Waals surface area contributed by atoms with Crippen LogP contribution < -0.4 is 14.4 Å². The summed E-state index contributed by atoms with van der Waals surface area (Å²) in [7, 11) is 1.51. The Morgan fingerprint density at radius 3 is 2.73 bits per heavy atom. The van der Waals surface area contributed by atoms with E-state index in [9.17, 15) is 10.1 Å². The fraction of sp³-hybridized carbons (Fsp3) is 0.450. The Balaban J connectivity index is 1.45. The van der Waals surface area contributed by atoms with Gasteiger partial charge in [-0.05, 0) is 6.07 Å². The van der Waals surface area contributed by atoms with E-state index >= 15 is 4.39 Å². The first-order valence-electron chi connectivity index (χ1n) is 9.65. The number of carbonyl (C=O) groups excluding carboxylic acids is 1. The minimum Gasteiger partial charge on any atom is -0.490 e. The van der Waals surface area contributed by atoms with Crippen molar-refractivity contribution < 1.29 is 18.7 Å². The molecule has 2 aliphatic rings. The average Bonchev–Trinajstić information content (AvgIpc) is 3.01. The number of nitriles is 1. The SMILES string of the molecule is COc1ccc(N2CCC(F)(C(=O)N3CCOc4c(C#N)cncc4C3)CC2)nn1. The number of rotatable bonds is 3. The zero-order chi connectivity index (χ0) is 21.1. The van der Waals surface area contributed by atoms with Gasteiger partial charge in [0.15, 0.2) is 11.5 Å². The zero-order valence-electron chi connectivity index (χ0n) is 16.5. The van der Waals surface area contributed by atoms with E-state index in [1.165, 1.54) is 18.2 Å². The van der Waals surface area contributed by atoms with Gasteiger partial charge in [-0.1, -0.05) is 0 Å². The van der Waals surface area contributed by atoms with Crippen LogP contribution in [0.4, 0.5) is 10.2 Å². The first kappa shape index (κ1) is 19.8. The van der Waals surface area contributed by atoms with Gasteiger partial charge in [0, 0.05) is 50.0 Å². The molecule has 4 rings (SSSR count). The molecule has 4 heterocycles. The van der Waals surface area contributed by atoms with E-state index in [-0.39, 0.29) is 32.5 Å². The Morgan fingerprint density at radius 1 is 1.27 bits per heavy atom. The van der Waals surface area contributed by atoms with E-state index in [1.54, 1.807) is 18.3 Å². The Hall–Kier alpha value is -3.48. The molecule has 9 nitrogen and oxygen atoms in total. The lowest BCUT2D eigenvalue weighted by molar-refractivity contribution is -0.146. The van der Waals surface area contributed by atoms with Crippen LogP contribution in [0.15, 0.2) is 24.5 Å². The highest BCUT2D eigenvalue weighted by Crippen LogP contribution is 2.33. The minimum atomic E-state index is -1.96. The van der Waals surface area contributed by atoms with E-state index in [0.717, 1.165) is 0 Å². The molecule has 0 radical (unpaired) electrons. The summed E-state index contributed by atoms with van der Waals surface area (Å²) in [6.07, 6.45) is 3.09.